The average Bonchev–Trinajstić information content (AvgIpc) is 3.38. The first-order valence-electron chi connectivity index (χ1n) is 9.01. The van der Waals surface area contributed by atoms with E-state index in [-0.39, 0.29) is 5.91 Å². The number of hydrogen-bond acceptors (Lipinski definition) is 8. The van der Waals surface area contributed by atoms with Crippen LogP contribution in [0.4, 0.5) is 5.95 Å². The molecule has 138 valence electrons. The first-order chi connectivity index (χ1) is 12.8. The van der Waals surface area contributed by atoms with Gasteiger partial charge in [0.15, 0.2) is 0 Å². The summed E-state index contributed by atoms with van der Waals surface area (Å²) in [5.74, 6) is 1.23. The van der Waals surface area contributed by atoms with Gasteiger partial charge in [-0.15, -0.1) is 5.10 Å². The fourth-order valence-electron chi connectivity index (χ4n) is 3.49. The molecule has 0 unspecified atom stereocenters. The molecule has 10 heteroatoms. The predicted molar refractivity (Wildman–Crippen MR) is 96.9 cm³/mol. The third kappa shape index (κ3) is 3.79. The first-order valence-corrected chi connectivity index (χ1v) is 10.0. The van der Waals surface area contributed by atoms with Gasteiger partial charge in [-0.2, -0.15) is 0 Å². The normalized spacial score (nSPS) is 18.5. The lowest BCUT2D eigenvalue weighted by atomic mass is 10.3. The van der Waals surface area contributed by atoms with E-state index < -0.39 is 0 Å². The molecule has 26 heavy (non-hydrogen) atoms. The third-order valence-electron chi connectivity index (χ3n) is 4.93. The van der Waals surface area contributed by atoms with E-state index in [2.05, 4.69) is 30.4 Å². The van der Waals surface area contributed by atoms with Crippen LogP contribution in [0.2, 0.25) is 0 Å². The van der Waals surface area contributed by atoms with E-state index in [0.717, 1.165) is 37.0 Å². The number of carbonyl (C=O) groups is 1. The van der Waals surface area contributed by atoms with Crippen molar-refractivity contribution in [2.45, 2.75) is 36.9 Å². The van der Waals surface area contributed by atoms with Crippen LogP contribution in [0.15, 0.2) is 23.6 Å². The summed E-state index contributed by atoms with van der Waals surface area (Å²) in [6, 6.07) is 2.19. The molecule has 2 aromatic rings. The van der Waals surface area contributed by atoms with Crippen LogP contribution < -0.4 is 4.90 Å². The van der Waals surface area contributed by atoms with Crippen LogP contribution in [0.3, 0.4) is 0 Å². The molecule has 1 aliphatic carbocycles. The molecule has 0 N–H and O–H groups in total. The molecule has 0 bridgehead atoms. The van der Waals surface area contributed by atoms with Crippen LogP contribution in [-0.4, -0.2) is 72.9 Å². The number of piperazine rings is 1. The Morgan fingerprint density at radius 3 is 2.58 bits per heavy atom. The van der Waals surface area contributed by atoms with Crippen LogP contribution in [0.5, 0.6) is 0 Å². The van der Waals surface area contributed by atoms with E-state index in [9.17, 15) is 4.79 Å². The van der Waals surface area contributed by atoms with Crippen molar-refractivity contribution in [3.05, 3.63) is 18.5 Å². The standard InChI is InChI=1S/C16H22N8OS/c25-14(12-26-16-19-20-21-24(16)13-4-1-2-5-13)22-8-10-23(11-9-22)15-17-6-3-7-18-15/h3,6-7,13H,1-2,4-5,8-12H2. The van der Waals surface area contributed by atoms with Crippen molar-refractivity contribution in [1.29, 1.82) is 0 Å². The topological polar surface area (TPSA) is 92.9 Å². The Hall–Kier alpha value is -2.23. The van der Waals surface area contributed by atoms with Gasteiger partial charge < -0.3 is 9.80 Å². The highest BCUT2D eigenvalue weighted by atomic mass is 32.2. The van der Waals surface area contributed by atoms with Gasteiger partial charge in [0.1, 0.15) is 0 Å². The highest BCUT2D eigenvalue weighted by molar-refractivity contribution is 7.99. The second-order valence-electron chi connectivity index (χ2n) is 6.55. The summed E-state index contributed by atoms with van der Waals surface area (Å²) in [6.45, 7) is 2.87. The van der Waals surface area contributed by atoms with Crippen LogP contribution >= 0.6 is 11.8 Å². The third-order valence-corrected chi connectivity index (χ3v) is 5.84. The minimum Gasteiger partial charge on any atom is -0.338 e. The number of nitrogens with zero attached hydrogens (tertiary/aromatic N) is 8. The zero-order chi connectivity index (χ0) is 17.8. The first kappa shape index (κ1) is 17.2. The van der Waals surface area contributed by atoms with E-state index in [1.165, 1.54) is 24.6 Å². The maximum absolute atomic E-state index is 12.5. The average molecular weight is 374 g/mol. The Balaban J connectivity index is 1.28. The van der Waals surface area contributed by atoms with Gasteiger partial charge in [0.05, 0.1) is 11.8 Å². The van der Waals surface area contributed by atoms with Gasteiger partial charge >= 0.3 is 0 Å². The summed E-state index contributed by atoms with van der Waals surface area (Å²) >= 11 is 1.44. The van der Waals surface area contributed by atoms with Crippen LogP contribution in [0.25, 0.3) is 0 Å². The number of aromatic nitrogens is 6. The monoisotopic (exact) mass is 374 g/mol. The van der Waals surface area contributed by atoms with E-state index >= 15 is 0 Å². The molecule has 1 aliphatic heterocycles. The molecule has 9 nitrogen and oxygen atoms in total. The Bertz CT molecular complexity index is 725. The molecule has 2 fully saturated rings. The molecular formula is C16H22N8OS. The van der Waals surface area contributed by atoms with Crippen LogP contribution in [0, 0.1) is 0 Å². The number of rotatable bonds is 5. The van der Waals surface area contributed by atoms with Gasteiger partial charge in [-0.25, -0.2) is 14.6 Å². The molecule has 1 saturated carbocycles. The summed E-state index contributed by atoms with van der Waals surface area (Å²) < 4.78 is 1.90. The van der Waals surface area contributed by atoms with E-state index in [1.54, 1.807) is 18.5 Å². The maximum atomic E-state index is 12.5. The van der Waals surface area contributed by atoms with Crippen molar-refractivity contribution in [1.82, 2.24) is 35.1 Å². The van der Waals surface area contributed by atoms with Gasteiger partial charge in [-0.3, -0.25) is 4.79 Å². The molecule has 2 aliphatic rings. The number of thioether (sulfide) groups is 1. The number of hydrogen-bond donors (Lipinski definition) is 0. The summed E-state index contributed by atoms with van der Waals surface area (Å²) in [5.41, 5.74) is 0. The lowest BCUT2D eigenvalue weighted by Gasteiger charge is -2.34. The minimum atomic E-state index is 0.129. The predicted octanol–water partition coefficient (Wildman–Crippen LogP) is 1.02. The Morgan fingerprint density at radius 2 is 1.85 bits per heavy atom. The second kappa shape index (κ2) is 7.98. The van der Waals surface area contributed by atoms with Crippen molar-refractivity contribution in [2.24, 2.45) is 0 Å². The summed E-state index contributed by atoms with van der Waals surface area (Å²) in [4.78, 5) is 25.1. The smallest absolute Gasteiger partial charge is 0.233 e. The zero-order valence-electron chi connectivity index (χ0n) is 14.6. The number of tetrazole rings is 1. The number of amides is 1. The van der Waals surface area contributed by atoms with Gasteiger partial charge in [-0.05, 0) is 29.3 Å². The van der Waals surface area contributed by atoms with Crippen LogP contribution in [-0.2, 0) is 4.79 Å². The van der Waals surface area contributed by atoms with Crippen molar-refractivity contribution in [3.63, 3.8) is 0 Å². The Kier molecular flexibility index (Phi) is 5.28. The molecule has 1 saturated heterocycles. The highest BCUT2D eigenvalue weighted by Crippen LogP contribution is 2.31. The quantitative estimate of drug-likeness (QED) is 0.716. The minimum absolute atomic E-state index is 0.129. The van der Waals surface area contributed by atoms with Crippen molar-refractivity contribution < 1.29 is 4.79 Å². The fraction of sp³-hybridized carbons (Fsp3) is 0.625. The highest BCUT2D eigenvalue weighted by Gasteiger charge is 2.25. The molecule has 0 radical (unpaired) electrons. The molecule has 1 amide bonds. The molecule has 0 spiro atoms. The van der Waals surface area contributed by atoms with E-state index in [0.29, 0.717) is 24.9 Å². The largest absolute Gasteiger partial charge is 0.338 e. The molecular weight excluding hydrogens is 352 g/mol. The SMILES string of the molecule is O=C(CSc1nnnn1C1CCCC1)N1CCN(c2ncccn2)CC1. The lowest BCUT2D eigenvalue weighted by molar-refractivity contribution is -0.128. The van der Waals surface area contributed by atoms with Crippen LogP contribution in [0.1, 0.15) is 31.7 Å². The van der Waals surface area contributed by atoms with Crippen molar-refractivity contribution in [3.8, 4) is 0 Å². The van der Waals surface area contributed by atoms with Gasteiger partial charge in [0.2, 0.25) is 17.0 Å². The summed E-state index contributed by atoms with van der Waals surface area (Å²) in [5, 5.41) is 12.8. The zero-order valence-corrected chi connectivity index (χ0v) is 15.4. The van der Waals surface area contributed by atoms with E-state index in [4.69, 9.17) is 0 Å². The molecule has 4 rings (SSSR count). The Labute approximate surface area is 156 Å². The van der Waals surface area contributed by atoms with Gasteiger partial charge in [-0.1, -0.05) is 24.6 Å². The number of carbonyl (C=O) groups excluding carboxylic acids is 1. The molecule has 3 heterocycles. The number of anilines is 1. The fourth-order valence-corrected chi connectivity index (χ4v) is 4.33. The molecule has 0 aromatic carbocycles. The Morgan fingerprint density at radius 1 is 1.12 bits per heavy atom. The lowest BCUT2D eigenvalue weighted by Crippen LogP contribution is -2.49. The summed E-state index contributed by atoms with van der Waals surface area (Å²) in [7, 11) is 0. The molecule has 2 aromatic heterocycles. The van der Waals surface area contributed by atoms with Gasteiger partial charge in [0.25, 0.3) is 0 Å². The van der Waals surface area contributed by atoms with Crippen molar-refractivity contribution >= 4 is 23.6 Å². The van der Waals surface area contributed by atoms with Gasteiger partial charge in [0, 0.05) is 38.6 Å². The maximum Gasteiger partial charge on any atom is 0.233 e. The summed E-state index contributed by atoms with van der Waals surface area (Å²) in [6.07, 6.45) is 8.17. The second-order valence-corrected chi connectivity index (χ2v) is 7.49. The molecule has 0 atom stereocenters. The van der Waals surface area contributed by atoms with E-state index in [1.807, 2.05) is 9.58 Å². The van der Waals surface area contributed by atoms with Crippen molar-refractivity contribution in [2.75, 3.05) is 36.8 Å².